The van der Waals surface area contributed by atoms with Gasteiger partial charge < -0.3 is 8.83 Å². The molecule has 0 aliphatic rings. The molecule has 0 fully saturated rings. The lowest BCUT2D eigenvalue weighted by Gasteiger charge is -2.16. The smallest absolute Gasteiger partial charge is 0.143 e. The molecule has 0 saturated heterocycles. The van der Waals surface area contributed by atoms with E-state index >= 15 is 0 Å². The minimum Gasteiger partial charge on any atom is -0.455 e. The average molecular weight is 543 g/mol. The minimum atomic E-state index is -0.330. The van der Waals surface area contributed by atoms with Gasteiger partial charge in [0.1, 0.15) is 22.3 Å². The summed E-state index contributed by atoms with van der Waals surface area (Å²) in [5, 5.41) is 4.10. The Morgan fingerprint density at radius 2 is 0.786 bits per heavy atom. The van der Waals surface area contributed by atoms with E-state index in [2.05, 4.69) is 0 Å². The lowest BCUT2D eigenvalue weighted by Crippen LogP contribution is -1.90. The fourth-order valence-corrected chi connectivity index (χ4v) is 6.48. The number of furan rings is 2. The van der Waals surface area contributed by atoms with Gasteiger partial charge in [0, 0.05) is 32.7 Å². The van der Waals surface area contributed by atoms with Crippen molar-refractivity contribution in [2.24, 2.45) is 0 Å². The Kier molecular flexibility index (Phi) is 3.04. The molecule has 0 atom stereocenters. The number of hydrogen-bond donors (Lipinski definition) is 0. The zero-order valence-corrected chi connectivity index (χ0v) is 21.9. The molecule has 194 valence electrons. The highest BCUT2D eigenvalue weighted by atomic mass is 16.3. The molecule has 2 heteroatoms. The third kappa shape index (κ3) is 2.83. The maximum atomic E-state index is 9.36. The summed E-state index contributed by atoms with van der Waals surface area (Å²) in [6.07, 6.45) is 0. The molecule has 2 heterocycles. The minimum absolute atomic E-state index is 0.00782. The van der Waals surface area contributed by atoms with Crippen molar-refractivity contribution in [2.75, 3.05) is 0 Å². The van der Waals surface area contributed by atoms with Crippen LogP contribution in [0.3, 0.4) is 0 Å². The van der Waals surface area contributed by atoms with Crippen LogP contribution in [0, 0.1) is 0 Å². The van der Waals surface area contributed by atoms with Gasteiger partial charge >= 0.3 is 0 Å². The first-order chi connectivity index (χ1) is 24.2. The lowest BCUT2D eigenvalue weighted by molar-refractivity contribution is 0.669. The predicted molar refractivity (Wildman–Crippen MR) is 176 cm³/mol. The first kappa shape index (κ1) is 16.0. The molecule has 0 radical (unpaired) electrons. The van der Waals surface area contributed by atoms with Crippen molar-refractivity contribution in [1.29, 1.82) is 0 Å². The number of para-hydroxylation sites is 4. The van der Waals surface area contributed by atoms with E-state index < -0.39 is 0 Å². The SMILES string of the molecule is [2H]c1c([2H])c2c([2H])c([2H])c3c(-c4cccc5c4oc4ccccc45)c([2H])c([2H])c4c([2H])c([2H])c(c1-c1cccc5c1oc1ccccc15)c2c43. The molecular formula is C40H22O2. The van der Waals surface area contributed by atoms with E-state index in [0.717, 1.165) is 21.5 Å². The maximum Gasteiger partial charge on any atom is 0.143 e. The zero-order valence-electron chi connectivity index (χ0n) is 29.9. The van der Waals surface area contributed by atoms with Crippen LogP contribution < -0.4 is 0 Å². The van der Waals surface area contributed by atoms with E-state index in [-0.39, 0.29) is 91.8 Å². The second-order valence-corrected chi connectivity index (χ2v) is 10.6. The van der Waals surface area contributed by atoms with E-state index in [9.17, 15) is 11.0 Å². The Morgan fingerprint density at radius 3 is 1.29 bits per heavy atom. The summed E-state index contributed by atoms with van der Waals surface area (Å²) in [4.78, 5) is 0. The zero-order chi connectivity index (χ0) is 34.3. The van der Waals surface area contributed by atoms with Crippen molar-refractivity contribution >= 4 is 76.2 Å². The fourth-order valence-electron chi connectivity index (χ4n) is 6.48. The number of rotatable bonds is 2. The molecule has 0 aliphatic heterocycles. The van der Waals surface area contributed by atoms with Crippen molar-refractivity contribution in [2.45, 2.75) is 0 Å². The maximum absolute atomic E-state index is 9.36. The summed E-state index contributed by atoms with van der Waals surface area (Å²) in [5.41, 5.74) is 3.51. The first-order valence-electron chi connectivity index (χ1n) is 17.7. The highest BCUT2D eigenvalue weighted by Gasteiger charge is 2.19. The van der Waals surface area contributed by atoms with Crippen LogP contribution in [0.2, 0.25) is 0 Å². The van der Waals surface area contributed by atoms with Crippen LogP contribution in [-0.2, 0) is 0 Å². The summed E-state index contributed by atoms with van der Waals surface area (Å²) in [5.74, 6) is 0. The monoisotopic (exact) mass is 542 g/mol. The number of fused-ring (bicyclic) bond motifs is 6. The van der Waals surface area contributed by atoms with Gasteiger partial charge in [-0.15, -0.1) is 0 Å². The van der Waals surface area contributed by atoms with Crippen molar-refractivity contribution in [3.05, 3.63) is 133 Å². The molecule has 8 aromatic carbocycles. The Bertz CT molecular complexity index is 2930. The molecule has 0 N–H and O–H groups in total. The van der Waals surface area contributed by atoms with E-state index in [1.54, 1.807) is 12.1 Å². The third-order valence-corrected chi connectivity index (χ3v) is 8.35. The van der Waals surface area contributed by atoms with Crippen molar-refractivity contribution < 1.29 is 19.8 Å². The Hall–Kier alpha value is -5.60. The van der Waals surface area contributed by atoms with Crippen LogP contribution in [-0.4, -0.2) is 0 Å². The van der Waals surface area contributed by atoms with Gasteiger partial charge in [-0.1, -0.05) is 121 Å². The number of benzene rings is 8. The molecule has 0 amide bonds. The van der Waals surface area contributed by atoms with E-state index in [1.165, 1.54) is 0 Å². The summed E-state index contributed by atoms with van der Waals surface area (Å²) in [6.45, 7) is 0. The molecule has 0 unspecified atom stereocenters. The van der Waals surface area contributed by atoms with Crippen LogP contribution in [0.15, 0.2) is 142 Å². The molecule has 2 nitrogen and oxygen atoms in total. The van der Waals surface area contributed by atoms with E-state index in [1.807, 2.05) is 72.8 Å². The molecule has 2 aromatic heterocycles. The first-order valence-corrected chi connectivity index (χ1v) is 13.7. The summed E-state index contributed by atoms with van der Waals surface area (Å²) < 4.78 is 87.0. The fraction of sp³-hybridized carbons (Fsp3) is 0. The van der Waals surface area contributed by atoms with Gasteiger partial charge in [0.05, 0.1) is 11.0 Å². The normalized spacial score (nSPS) is 15.0. The quantitative estimate of drug-likeness (QED) is 0.203. The van der Waals surface area contributed by atoms with Crippen LogP contribution in [0.1, 0.15) is 11.0 Å². The average Bonchev–Trinajstić information content (AvgIpc) is 3.70. The largest absolute Gasteiger partial charge is 0.455 e. The van der Waals surface area contributed by atoms with Gasteiger partial charge in [0.2, 0.25) is 0 Å². The summed E-state index contributed by atoms with van der Waals surface area (Å²) in [7, 11) is 0. The van der Waals surface area contributed by atoms with E-state index in [4.69, 9.17) is 8.83 Å². The second-order valence-electron chi connectivity index (χ2n) is 10.6. The third-order valence-electron chi connectivity index (χ3n) is 8.35. The van der Waals surface area contributed by atoms with Gasteiger partial charge in [-0.25, -0.2) is 0 Å². The van der Waals surface area contributed by atoms with Gasteiger partial charge in [0.15, 0.2) is 0 Å². The Labute approximate surface area is 251 Å². The molecule has 42 heavy (non-hydrogen) atoms. The standard InChI is InChI=1S/C40H22O2/c1-3-13-35-27(7-1)33-11-5-9-31(39(33)41-35)25-19-15-23-18-22-30-26(20-16-24-17-21-29(25)37(23)38(24)30)32-10-6-12-34-28-8-2-4-14-36(28)42-40(32)34/h1-22H/i15D,16D,17D,18D,19D,20D,21D,22D. The van der Waals surface area contributed by atoms with Crippen LogP contribution in [0.5, 0.6) is 0 Å². The summed E-state index contributed by atoms with van der Waals surface area (Å²) in [6, 6.07) is 23.7. The highest BCUT2D eigenvalue weighted by molar-refractivity contribution is 6.29. The van der Waals surface area contributed by atoms with Gasteiger partial charge in [-0.05, 0) is 55.6 Å². The Morgan fingerprint density at radius 1 is 0.357 bits per heavy atom. The van der Waals surface area contributed by atoms with Gasteiger partial charge in [-0.3, -0.25) is 0 Å². The molecule has 0 aliphatic carbocycles. The Balaban J connectivity index is 1.45. The molecular weight excluding hydrogens is 512 g/mol. The lowest BCUT2D eigenvalue weighted by atomic mass is 9.87. The van der Waals surface area contributed by atoms with Gasteiger partial charge in [-0.2, -0.15) is 0 Å². The molecule has 0 spiro atoms. The summed E-state index contributed by atoms with van der Waals surface area (Å²) >= 11 is 0. The van der Waals surface area contributed by atoms with E-state index in [0.29, 0.717) is 33.5 Å². The molecule has 10 aromatic rings. The van der Waals surface area contributed by atoms with Gasteiger partial charge in [0.25, 0.3) is 0 Å². The topological polar surface area (TPSA) is 26.3 Å². The van der Waals surface area contributed by atoms with Crippen LogP contribution >= 0.6 is 0 Å². The second kappa shape index (κ2) is 7.99. The van der Waals surface area contributed by atoms with Crippen LogP contribution in [0.4, 0.5) is 0 Å². The van der Waals surface area contributed by atoms with Crippen LogP contribution in [0.25, 0.3) is 98.4 Å². The number of hydrogen-bond acceptors (Lipinski definition) is 2. The molecule has 0 bridgehead atoms. The van der Waals surface area contributed by atoms with Crippen molar-refractivity contribution in [3.63, 3.8) is 0 Å². The predicted octanol–water partition coefficient (Wildman–Crippen LogP) is 11.7. The van der Waals surface area contributed by atoms with Crippen molar-refractivity contribution in [3.8, 4) is 22.3 Å². The molecule has 0 saturated carbocycles. The van der Waals surface area contributed by atoms with Crippen molar-refractivity contribution in [1.82, 2.24) is 0 Å². The highest BCUT2D eigenvalue weighted by Crippen LogP contribution is 2.45. The molecule has 10 rings (SSSR count).